The first kappa shape index (κ1) is 16.8. The van der Waals surface area contributed by atoms with Crippen LogP contribution in [0.4, 0.5) is 0 Å². The Balaban J connectivity index is 1.63. The highest BCUT2D eigenvalue weighted by Gasteiger charge is 2.24. The van der Waals surface area contributed by atoms with E-state index in [4.69, 9.17) is 14.6 Å². The van der Waals surface area contributed by atoms with Crippen LogP contribution < -0.4 is 4.74 Å². The van der Waals surface area contributed by atoms with Crippen molar-refractivity contribution in [3.8, 4) is 5.75 Å². The van der Waals surface area contributed by atoms with E-state index < -0.39 is 0 Å². The lowest BCUT2D eigenvalue weighted by atomic mass is 10.1. The minimum Gasteiger partial charge on any atom is -0.491 e. The van der Waals surface area contributed by atoms with E-state index in [0.29, 0.717) is 13.2 Å². The molecule has 0 unspecified atom stereocenters. The molecule has 1 saturated heterocycles. The third-order valence-corrected chi connectivity index (χ3v) is 3.92. The lowest BCUT2D eigenvalue weighted by Gasteiger charge is -2.32. The quantitative estimate of drug-likeness (QED) is 0.870. The number of rotatable bonds is 6. The number of aliphatic hydroxyl groups excluding tert-OH is 1. The number of benzene rings is 1. The molecule has 1 aliphatic rings. The van der Waals surface area contributed by atoms with E-state index in [1.807, 2.05) is 31.2 Å². The summed E-state index contributed by atoms with van der Waals surface area (Å²) in [4.78, 5) is 11.2. The molecule has 0 radical (unpaired) electrons. The van der Waals surface area contributed by atoms with Gasteiger partial charge in [-0.3, -0.25) is 4.90 Å². The molecule has 3 rings (SSSR count). The normalized spacial score (nSPS) is 18.5. The number of morpholine rings is 1. The van der Waals surface area contributed by atoms with Crippen LogP contribution in [0.1, 0.15) is 23.2 Å². The summed E-state index contributed by atoms with van der Waals surface area (Å²) in [5.74, 6) is 1.54. The molecular weight excluding hydrogens is 306 g/mol. The van der Waals surface area contributed by atoms with Crippen LogP contribution in [0.2, 0.25) is 0 Å². The Bertz CT molecular complexity index is 665. The number of aryl methyl sites for hydroxylation is 1. The van der Waals surface area contributed by atoms with Crippen LogP contribution in [0, 0.1) is 6.92 Å². The minimum atomic E-state index is -0.0903. The zero-order valence-corrected chi connectivity index (χ0v) is 13.9. The van der Waals surface area contributed by atoms with Crippen LogP contribution in [-0.2, 0) is 11.3 Å². The largest absolute Gasteiger partial charge is 0.491 e. The second-order valence-corrected chi connectivity index (χ2v) is 5.87. The van der Waals surface area contributed by atoms with Crippen LogP contribution in [0.15, 0.2) is 36.5 Å². The summed E-state index contributed by atoms with van der Waals surface area (Å²) >= 11 is 0. The molecule has 6 heteroatoms. The first-order valence-corrected chi connectivity index (χ1v) is 8.20. The number of nitrogens with zero attached hydrogens (tertiary/aromatic N) is 3. The van der Waals surface area contributed by atoms with Crippen LogP contribution in [0.3, 0.4) is 0 Å². The molecule has 1 aromatic carbocycles. The molecule has 0 spiro atoms. The number of hydrogen-bond acceptors (Lipinski definition) is 6. The van der Waals surface area contributed by atoms with Gasteiger partial charge >= 0.3 is 0 Å². The Hall–Kier alpha value is -2.02. The number of aliphatic hydroxyl groups is 1. The summed E-state index contributed by atoms with van der Waals surface area (Å²) in [5, 5.41) is 8.86. The van der Waals surface area contributed by atoms with Gasteiger partial charge in [0.25, 0.3) is 0 Å². The third-order valence-electron chi connectivity index (χ3n) is 3.92. The van der Waals surface area contributed by atoms with Crippen molar-refractivity contribution in [1.82, 2.24) is 14.9 Å². The summed E-state index contributed by atoms with van der Waals surface area (Å²) in [5.41, 5.74) is 2.13. The van der Waals surface area contributed by atoms with E-state index in [0.717, 1.165) is 36.9 Å². The van der Waals surface area contributed by atoms with Gasteiger partial charge in [-0.15, -0.1) is 0 Å². The Morgan fingerprint density at radius 1 is 1.38 bits per heavy atom. The highest BCUT2D eigenvalue weighted by Crippen LogP contribution is 2.22. The molecule has 1 N–H and O–H groups in total. The van der Waals surface area contributed by atoms with Crippen molar-refractivity contribution in [1.29, 1.82) is 0 Å². The molecule has 0 amide bonds. The van der Waals surface area contributed by atoms with Gasteiger partial charge in [-0.1, -0.05) is 12.1 Å². The van der Waals surface area contributed by atoms with E-state index in [9.17, 15) is 0 Å². The maximum Gasteiger partial charge on any atom is 0.158 e. The van der Waals surface area contributed by atoms with Crippen LogP contribution in [-0.4, -0.2) is 52.9 Å². The lowest BCUT2D eigenvalue weighted by molar-refractivity contribution is -0.0373. The first-order valence-electron chi connectivity index (χ1n) is 8.20. The van der Waals surface area contributed by atoms with Crippen molar-refractivity contribution >= 4 is 0 Å². The fourth-order valence-electron chi connectivity index (χ4n) is 2.78. The van der Waals surface area contributed by atoms with Crippen molar-refractivity contribution in [3.63, 3.8) is 0 Å². The topological polar surface area (TPSA) is 67.7 Å². The lowest BCUT2D eigenvalue weighted by Crippen LogP contribution is -2.38. The molecule has 1 fully saturated rings. The molecule has 2 heterocycles. The maximum atomic E-state index is 8.86. The smallest absolute Gasteiger partial charge is 0.158 e. The summed E-state index contributed by atoms with van der Waals surface area (Å²) < 4.78 is 11.3. The van der Waals surface area contributed by atoms with E-state index in [1.54, 1.807) is 6.20 Å². The highest BCUT2D eigenvalue weighted by atomic mass is 16.5. The highest BCUT2D eigenvalue weighted by molar-refractivity contribution is 5.28. The summed E-state index contributed by atoms with van der Waals surface area (Å²) in [6.07, 6.45) is 1.69. The van der Waals surface area contributed by atoms with Crippen molar-refractivity contribution in [2.24, 2.45) is 0 Å². The molecule has 128 valence electrons. The van der Waals surface area contributed by atoms with Gasteiger partial charge in [-0.2, -0.15) is 0 Å². The predicted molar refractivity (Wildman–Crippen MR) is 89.8 cm³/mol. The van der Waals surface area contributed by atoms with Crippen molar-refractivity contribution < 1.29 is 14.6 Å². The zero-order valence-electron chi connectivity index (χ0n) is 13.9. The van der Waals surface area contributed by atoms with Gasteiger partial charge in [-0.25, -0.2) is 9.97 Å². The van der Waals surface area contributed by atoms with Crippen molar-refractivity contribution in [3.05, 3.63) is 53.6 Å². The molecule has 1 aliphatic heterocycles. The standard InChI is InChI=1S/C18H23N3O3/c1-14-5-6-19-18(20-14)17-13-21(7-9-24-17)12-15-3-2-4-16(11-15)23-10-8-22/h2-6,11,17,22H,7-10,12-13H2,1H3/t17-/m0/s1. The Kier molecular flexibility index (Phi) is 5.74. The molecular formula is C18H23N3O3. The molecule has 24 heavy (non-hydrogen) atoms. The second-order valence-electron chi connectivity index (χ2n) is 5.87. The molecule has 6 nitrogen and oxygen atoms in total. The maximum absolute atomic E-state index is 8.86. The molecule has 1 atom stereocenters. The summed E-state index contributed by atoms with van der Waals surface area (Å²) in [7, 11) is 0. The molecule has 0 saturated carbocycles. The predicted octanol–water partition coefficient (Wildman–Crippen LogP) is 1.73. The summed E-state index contributed by atoms with van der Waals surface area (Å²) in [6.45, 7) is 5.43. The first-order chi connectivity index (χ1) is 11.7. The average molecular weight is 329 g/mol. The monoisotopic (exact) mass is 329 g/mol. The molecule has 2 aromatic rings. The fourth-order valence-corrected chi connectivity index (χ4v) is 2.78. The van der Waals surface area contributed by atoms with Gasteiger partial charge in [0.05, 0.1) is 13.2 Å². The van der Waals surface area contributed by atoms with Crippen molar-refractivity contribution in [2.45, 2.75) is 19.6 Å². The van der Waals surface area contributed by atoms with E-state index in [2.05, 4.69) is 20.9 Å². The second kappa shape index (κ2) is 8.19. The van der Waals surface area contributed by atoms with Gasteiger partial charge in [0, 0.05) is 31.5 Å². The Morgan fingerprint density at radius 2 is 2.29 bits per heavy atom. The van der Waals surface area contributed by atoms with Crippen LogP contribution in [0.5, 0.6) is 5.75 Å². The molecule has 1 aromatic heterocycles. The van der Waals surface area contributed by atoms with Gasteiger partial charge in [0.1, 0.15) is 18.5 Å². The third kappa shape index (κ3) is 4.50. The van der Waals surface area contributed by atoms with Crippen LogP contribution in [0.25, 0.3) is 0 Å². The Labute approximate surface area is 142 Å². The Morgan fingerprint density at radius 3 is 3.12 bits per heavy atom. The van der Waals surface area contributed by atoms with Crippen molar-refractivity contribution in [2.75, 3.05) is 32.9 Å². The van der Waals surface area contributed by atoms with Gasteiger partial charge in [0.15, 0.2) is 5.82 Å². The SMILES string of the molecule is Cc1ccnc([C@@H]2CN(Cc3cccc(OCCO)c3)CCO2)n1. The fraction of sp³-hybridized carbons (Fsp3) is 0.444. The number of aromatic nitrogens is 2. The molecule has 0 bridgehead atoms. The van der Waals surface area contributed by atoms with Gasteiger partial charge < -0.3 is 14.6 Å². The van der Waals surface area contributed by atoms with E-state index in [-0.39, 0.29) is 12.7 Å². The van der Waals surface area contributed by atoms with Crippen LogP contribution >= 0.6 is 0 Å². The molecule has 0 aliphatic carbocycles. The zero-order chi connectivity index (χ0) is 16.8. The minimum absolute atomic E-state index is 0.0197. The number of ether oxygens (including phenoxy) is 2. The average Bonchev–Trinajstić information content (AvgIpc) is 2.60. The number of hydrogen-bond donors (Lipinski definition) is 1. The van der Waals surface area contributed by atoms with Gasteiger partial charge in [0.2, 0.25) is 0 Å². The van der Waals surface area contributed by atoms with Gasteiger partial charge in [-0.05, 0) is 30.7 Å². The van der Waals surface area contributed by atoms with E-state index in [1.165, 1.54) is 5.56 Å². The summed E-state index contributed by atoms with van der Waals surface area (Å²) in [6, 6.07) is 9.87. The van der Waals surface area contributed by atoms with E-state index >= 15 is 0 Å².